The van der Waals surface area contributed by atoms with Crippen molar-refractivity contribution in [2.75, 3.05) is 24.6 Å². The summed E-state index contributed by atoms with van der Waals surface area (Å²) in [7, 11) is -3.13. The molecule has 0 aliphatic carbocycles. The maximum atomic E-state index is 11.5. The van der Waals surface area contributed by atoms with E-state index in [9.17, 15) is 13.2 Å². The molecule has 82 valence electrons. The fraction of sp³-hybridized carbons (Fsp3) is 0.875. The average Bonchev–Trinajstić information content (AvgIpc) is 1.96. The van der Waals surface area contributed by atoms with Gasteiger partial charge < -0.3 is 11.1 Å². The molecule has 0 radical (unpaired) electrons. The molecular weight excluding hydrogens is 204 g/mol. The SMILES string of the molecule is CC(CS(=O)(=O)CC1CNC1)C(N)=O. The lowest BCUT2D eigenvalue weighted by Crippen LogP contribution is -2.46. The van der Waals surface area contributed by atoms with Crippen LogP contribution < -0.4 is 11.1 Å². The summed E-state index contributed by atoms with van der Waals surface area (Å²) < 4.78 is 23.0. The van der Waals surface area contributed by atoms with Gasteiger partial charge in [0.05, 0.1) is 11.5 Å². The number of nitrogens with two attached hydrogens (primary N) is 1. The van der Waals surface area contributed by atoms with E-state index in [1.54, 1.807) is 6.92 Å². The summed E-state index contributed by atoms with van der Waals surface area (Å²) in [6.45, 7) is 3.05. The Morgan fingerprint density at radius 1 is 1.57 bits per heavy atom. The van der Waals surface area contributed by atoms with Gasteiger partial charge in [0.15, 0.2) is 9.84 Å². The predicted molar refractivity (Wildman–Crippen MR) is 53.4 cm³/mol. The lowest BCUT2D eigenvalue weighted by atomic mass is 10.1. The van der Waals surface area contributed by atoms with Crippen molar-refractivity contribution in [1.82, 2.24) is 5.32 Å². The first kappa shape index (κ1) is 11.5. The standard InChI is InChI=1S/C8H16N2O3S/c1-6(8(9)11)4-14(12,13)5-7-2-10-3-7/h6-7,10H,2-5H2,1H3,(H2,9,11). The Bertz CT molecular complexity index is 309. The summed E-state index contributed by atoms with van der Waals surface area (Å²) in [5, 5.41) is 3.00. The fourth-order valence-corrected chi connectivity index (χ4v) is 3.37. The van der Waals surface area contributed by atoms with Gasteiger partial charge in [-0.2, -0.15) is 0 Å². The van der Waals surface area contributed by atoms with Crippen molar-refractivity contribution in [3.05, 3.63) is 0 Å². The topological polar surface area (TPSA) is 89.3 Å². The summed E-state index contributed by atoms with van der Waals surface area (Å²) in [4.78, 5) is 10.7. The van der Waals surface area contributed by atoms with Gasteiger partial charge in [0.25, 0.3) is 0 Å². The maximum absolute atomic E-state index is 11.5. The molecule has 0 aromatic rings. The van der Waals surface area contributed by atoms with Gasteiger partial charge in [0.1, 0.15) is 0 Å². The highest BCUT2D eigenvalue weighted by Crippen LogP contribution is 2.10. The summed E-state index contributed by atoms with van der Waals surface area (Å²) in [5.74, 6) is -0.898. The molecule has 1 aliphatic heterocycles. The molecule has 1 saturated heterocycles. The number of rotatable bonds is 5. The molecule has 1 rings (SSSR count). The number of hydrogen-bond acceptors (Lipinski definition) is 4. The minimum atomic E-state index is -3.13. The first-order valence-electron chi connectivity index (χ1n) is 4.61. The fourth-order valence-electron chi connectivity index (χ4n) is 1.36. The van der Waals surface area contributed by atoms with Gasteiger partial charge in [-0.3, -0.25) is 4.79 Å². The number of amides is 1. The van der Waals surface area contributed by atoms with E-state index >= 15 is 0 Å². The number of sulfone groups is 1. The van der Waals surface area contributed by atoms with Crippen LogP contribution in [-0.2, 0) is 14.6 Å². The Hall–Kier alpha value is -0.620. The molecule has 0 spiro atoms. The Balaban J connectivity index is 2.44. The second-order valence-electron chi connectivity index (χ2n) is 3.90. The Morgan fingerprint density at radius 2 is 2.14 bits per heavy atom. The lowest BCUT2D eigenvalue weighted by Gasteiger charge is -2.26. The van der Waals surface area contributed by atoms with Gasteiger partial charge in [-0.05, 0) is 5.92 Å². The highest BCUT2D eigenvalue weighted by Gasteiger charge is 2.26. The Labute approximate surface area is 84.0 Å². The number of primary amides is 1. The molecular formula is C8H16N2O3S. The van der Waals surface area contributed by atoms with Crippen LogP contribution in [0.25, 0.3) is 0 Å². The zero-order valence-electron chi connectivity index (χ0n) is 8.19. The maximum Gasteiger partial charge on any atom is 0.221 e. The third-order valence-electron chi connectivity index (χ3n) is 2.35. The van der Waals surface area contributed by atoms with E-state index < -0.39 is 21.7 Å². The van der Waals surface area contributed by atoms with Crippen LogP contribution in [0.2, 0.25) is 0 Å². The normalized spacial score (nSPS) is 20.1. The second kappa shape index (κ2) is 4.27. The summed E-state index contributed by atoms with van der Waals surface area (Å²) >= 11 is 0. The molecule has 1 aliphatic rings. The van der Waals surface area contributed by atoms with Gasteiger partial charge in [-0.1, -0.05) is 6.92 Å². The van der Waals surface area contributed by atoms with E-state index in [-0.39, 0.29) is 17.4 Å². The zero-order valence-corrected chi connectivity index (χ0v) is 9.01. The molecule has 0 aromatic heterocycles. The minimum absolute atomic E-state index is 0.126. The van der Waals surface area contributed by atoms with Crippen LogP contribution in [0.5, 0.6) is 0 Å². The van der Waals surface area contributed by atoms with Crippen LogP contribution in [0.15, 0.2) is 0 Å². The summed E-state index contributed by atoms with van der Waals surface area (Å²) in [5.41, 5.74) is 5.00. The molecule has 6 heteroatoms. The zero-order chi connectivity index (χ0) is 10.8. The molecule has 0 saturated carbocycles. The van der Waals surface area contributed by atoms with Crippen LogP contribution in [0.4, 0.5) is 0 Å². The van der Waals surface area contributed by atoms with Crippen molar-refractivity contribution in [3.8, 4) is 0 Å². The molecule has 0 aromatic carbocycles. The summed E-state index contributed by atoms with van der Waals surface area (Å²) in [6, 6.07) is 0. The van der Waals surface area contributed by atoms with Crippen molar-refractivity contribution < 1.29 is 13.2 Å². The predicted octanol–water partition coefficient (Wildman–Crippen LogP) is -1.26. The molecule has 1 fully saturated rings. The molecule has 3 N–H and O–H groups in total. The third-order valence-corrected chi connectivity index (χ3v) is 4.33. The lowest BCUT2D eigenvalue weighted by molar-refractivity contribution is -0.120. The van der Waals surface area contributed by atoms with Gasteiger partial charge in [-0.15, -0.1) is 0 Å². The number of hydrogen-bond donors (Lipinski definition) is 2. The number of carbonyl (C=O) groups is 1. The third kappa shape index (κ3) is 3.26. The van der Waals surface area contributed by atoms with Crippen LogP contribution in [-0.4, -0.2) is 38.9 Å². The van der Waals surface area contributed by atoms with Crippen molar-refractivity contribution in [1.29, 1.82) is 0 Å². The first-order chi connectivity index (χ1) is 6.41. The quantitative estimate of drug-likeness (QED) is 0.605. The Morgan fingerprint density at radius 3 is 2.50 bits per heavy atom. The minimum Gasteiger partial charge on any atom is -0.369 e. The molecule has 1 atom stereocenters. The van der Waals surface area contributed by atoms with E-state index in [4.69, 9.17) is 5.73 Å². The van der Waals surface area contributed by atoms with E-state index in [1.165, 1.54) is 0 Å². The molecule has 1 heterocycles. The summed E-state index contributed by atoms with van der Waals surface area (Å²) in [6.07, 6.45) is 0. The van der Waals surface area contributed by atoms with Crippen LogP contribution in [0, 0.1) is 11.8 Å². The molecule has 14 heavy (non-hydrogen) atoms. The van der Waals surface area contributed by atoms with Crippen LogP contribution in [0.1, 0.15) is 6.92 Å². The van der Waals surface area contributed by atoms with Gasteiger partial charge in [0.2, 0.25) is 5.91 Å². The Kier molecular flexibility index (Phi) is 3.49. The molecule has 1 unspecified atom stereocenters. The highest BCUT2D eigenvalue weighted by atomic mass is 32.2. The first-order valence-corrected chi connectivity index (χ1v) is 6.43. The largest absolute Gasteiger partial charge is 0.369 e. The van der Waals surface area contributed by atoms with E-state index in [0.717, 1.165) is 13.1 Å². The molecule has 0 bridgehead atoms. The number of carbonyl (C=O) groups excluding carboxylic acids is 1. The second-order valence-corrected chi connectivity index (χ2v) is 6.06. The van der Waals surface area contributed by atoms with Crippen LogP contribution >= 0.6 is 0 Å². The van der Waals surface area contributed by atoms with E-state index in [1.807, 2.05) is 0 Å². The highest BCUT2D eigenvalue weighted by molar-refractivity contribution is 7.91. The average molecular weight is 220 g/mol. The smallest absolute Gasteiger partial charge is 0.221 e. The van der Waals surface area contributed by atoms with E-state index in [0.29, 0.717) is 0 Å². The van der Waals surface area contributed by atoms with Crippen molar-refractivity contribution in [2.24, 2.45) is 17.6 Å². The van der Waals surface area contributed by atoms with E-state index in [2.05, 4.69) is 5.32 Å². The molecule has 5 nitrogen and oxygen atoms in total. The number of nitrogens with one attached hydrogen (secondary N) is 1. The van der Waals surface area contributed by atoms with Crippen molar-refractivity contribution in [3.63, 3.8) is 0 Å². The molecule has 1 amide bonds. The van der Waals surface area contributed by atoms with Crippen molar-refractivity contribution >= 4 is 15.7 Å². The van der Waals surface area contributed by atoms with Gasteiger partial charge in [-0.25, -0.2) is 8.42 Å². The van der Waals surface area contributed by atoms with Gasteiger partial charge in [0, 0.05) is 19.0 Å². The van der Waals surface area contributed by atoms with Crippen LogP contribution in [0.3, 0.4) is 0 Å². The van der Waals surface area contributed by atoms with Gasteiger partial charge >= 0.3 is 0 Å². The monoisotopic (exact) mass is 220 g/mol. The van der Waals surface area contributed by atoms with Crippen molar-refractivity contribution in [2.45, 2.75) is 6.92 Å².